The second kappa shape index (κ2) is 5.31. The van der Waals surface area contributed by atoms with Crippen LogP contribution in [0.3, 0.4) is 0 Å². The molecule has 0 amide bonds. The van der Waals surface area contributed by atoms with E-state index in [1.165, 1.54) is 0 Å². The monoisotopic (exact) mass is 237 g/mol. The molecule has 0 radical (unpaired) electrons. The van der Waals surface area contributed by atoms with Crippen LogP contribution in [0, 0.1) is 5.92 Å². The lowest BCUT2D eigenvalue weighted by atomic mass is 9.95. The van der Waals surface area contributed by atoms with Gasteiger partial charge in [-0.05, 0) is 25.3 Å². The SMILES string of the molecule is Cn1ccnc1CN1CCCC(CC(=O)O)C1. The van der Waals surface area contributed by atoms with Crippen molar-refractivity contribution in [2.45, 2.75) is 25.8 Å². The molecular weight excluding hydrogens is 218 g/mol. The second-order valence-corrected chi connectivity index (χ2v) is 4.80. The molecule has 2 rings (SSSR count). The maximum atomic E-state index is 10.7. The number of hydrogen-bond donors (Lipinski definition) is 1. The van der Waals surface area contributed by atoms with Gasteiger partial charge in [0.2, 0.25) is 0 Å². The minimum Gasteiger partial charge on any atom is -0.481 e. The highest BCUT2D eigenvalue weighted by atomic mass is 16.4. The molecule has 0 aromatic carbocycles. The van der Waals surface area contributed by atoms with Gasteiger partial charge in [0.15, 0.2) is 0 Å². The standard InChI is InChI=1S/C12H19N3O2/c1-14-6-4-13-11(14)9-15-5-2-3-10(8-15)7-12(16)17/h4,6,10H,2-3,5,7-9H2,1H3,(H,16,17). The van der Waals surface area contributed by atoms with Gasteiger partial charge in [0.25, 0.3) is 0 Å². The van der Waals surface area contributed by atoms with Gasteiger partial charge in [-0.1, -0.05) is 0 Å². The minimum atomic E-state index is -0.686. The fourth-order valence-corrected chi connectivity index (χ4v) is 2.46. The fourth-order valence-electron chi connectivity index (χ4n) is 2.46. The molecule has 5 heteroatoms. The Bertz CT molecular complexity index is 389. The summed E-state index contributed by atoms with van der Waals surface area (Å²) in [6.07, 6.45) is 6.14. The van der Waals surface area contributed by atoms with Crippen LogP contribution in [-0.4, -0.2) is 38.6 Å². The van der Waals surface area contributed by atoms with Crippen molar-refractivity contribution in [1.29, 1.82) is 0 Å². The van der Waals surface area contributed by atoms with Gasteiger partial charge in [-0.2, -0.15) is 0 Å². The van der Waals surface area contributed by atoms with E-state index in [4.69, 9.17) is 5.11 Å². The Kier molecular flexibility index (Phi) is 3.78. The summed E-state index contributed by atoms with van der Waals surface area (Å²) in [5.74, 6) is 0.649. The quantitative estimate of drug-likeness (QED) is 0.852. The lowest BCUT2D eigenvalue weighted by Gasteiger charge is -2.31. The summed E-state index contributed by atoms with van der Waals surface area (Å²) in [4.78, 5) is 17.3. The van der Waals surface area contributed by atoms with Crippen molar-refractivity contribution < 1.29 is 9.90 Å². The second-order valence-electron chi connectivity index (χ2n) is 4.80. The average molecular weight is 237 g/mol. The number of rotatable bonds is 4. The first-order chi connectivity index (χ1) is 8.15. The molecule has 0 spiro atoms. The van der Waals surface area contributed by atoms with Gasteiger partial charge in [0.1, 0.15) is 5.82 Å². The van der Waals surface area contributed by atoms with Crippen molar-refractivity contribution in [3.8, 4) is 0 Å². The van der Waals surface area contributed by atoms with Crippen LogP contribution in [0.4, 0.5) is 0 Å². The third-order valence-corrected chi connectivity index (χ3v) is 3.35. The van der Waals surface area contributed by atoms with Crippen LogP contribution in [-0.2, 0) is 18.4 Å². The van der Waals surface area contributed by atoms with Crippen molar-refractivity contribution in [3.05, 3.63) is 18.2 Å². The minimum absolute atomic E-state index is 0.289. The summed E-state index contributed by atoms with van der Waals surface area (Å²) < 4.78 is 2.01. The number of aromatic nitrogens is 2. The number of aliphatic carboxylic acids is 1. The maximum Gasteiger partial charge on any atom is 0.303 e. The zero-order valence-electron chi connectivity index (χ0n) is 10.2. The van der Waals surface area contributed by atoms with Gasteiger partial charge >= 0.3 is 5.97 Å². The number of aryl methyl sites for hydroxylation is 1. The predicted octanol–water partition coefficient (Wildman–Crippen LogP) is 1.11. The molecule has 1 aliphatic heterocycles. The van der Waals surface area contributed by atoms with E-state index in [1.807, 2.05) is 17.8 Å². The van der Waals surface area contributed by atoms with E-state index in [9.17, 15) is 4.79 Å². The predicted molar refractivity (Wildman–Crippen MR) is 63.5 cm³/mol. The van der Waals surface area contributed by atoms with Gasteiger partial charge in [-0.3, -0.25) is 9.69 Å². The zero-order chi connectivity index (χ0) is 12.3. The molecule has 1 atom stereocenters. The Hall–Kier alpha value is -1.36. The van der Waals surface area contributed by atoms with Crippen LogP contribution in [0.5, 0.6) is 0 Å². The molecule has 5 nitrogen and oxygen atoms in total. The van der Waals surface area contributed by atoms with Crippen molar-refractivity contribution in [1.82, 2.24) is 14.5 Å². The first-order valence-corrected chi connectivity index (χ1v) is 6.05. The van der Waals surface area contributed by atoms with E-state index < -0.39 is 5.97 Å². The first kappa shape index (κ1) is 12.1. The third-order valence-electron chi connectivity index (χ3n) is 3.35. The number of nitrogens with zero attached hydrogens (tertiary/aromatic N) is 3. The normalized spacial score (nSPS) is 21.6. The van der Waals surface area contributed by atoms with E-state index in [-0.39, 0.29) is 6.42 Å². The van der Waals surface area contributed by atoms with Crippen LogP contribution < -0.4 is 0 Å². The molecule has 0 aliphatic carbocycles. The highest BCUT2D eigenvalue weighted by molar-refractivity contribution is 5.67. The van der Waals surface area contributed by atoms with Gasteiger partial charge in [-0.15, -0.1) is 0 Å². The van der Waals surface area contributed by atoms with E-state index in [0.29, 0.717) is 5.92 Å². The molecule has 1 fully saturated rings. The van der Waals surface area contributed by atoms with Crippen molar-refractivity contribution in [2.75, 3.05) is 13.1 Å². The molecule has 17 heavy (non-hydrogen) atoms. The van der Waals surface area contributed by atoms with Crippen molar-refractivity contribution in [3.63, 3.8) is 0 Å². The van der Waals surface area contributed by atoms with Crippen molar-refractivity contribution >= 4 is 5.97 Å². The summed E-state index contributed by atoms with van der Waals surface area (Å²) in [5, 5.41) is 8.82. The zero-order valence-corrected chi connectivity index (χ0v) is 10.2. The summed E-state index contributed by atoms with van der Waals surface area (Å²) >= 11 is 0. The molecule has 1 aromatic rings. The highest BCUT2D eigenvalue weighted by Crippen LogP contribution is 2.20. The fraction of sp³-hybridized carbons (Fsp3) is 0.667. The number of piperidine rings is 1. The molecule has 1 N–H and O–H groups in total. The number of imidazole rings is 1. The largest absolute Gasteiger partial charge is 0.481 e. The number of likely N-dealkylation sites (tertiary alicyclic amines) is 1. The van der Waals surface area contributed by atoms with Gasteiger partial charge in [-0.25, -0.2) is 4.98 Å². The molecule has 1 unspecified atom stereocenters. The lowest BCUT2D eigenvalue weighted by Crippen LogP contribution is -2.36. The number of carboxylic acid groups (broad SMARTS) is 1. The first-order valence-electron chi connectivity index (χ1n) is 6.05. The van der Waals surface area contributed by atoms with E-state index in [2.05, 4.69) is 9.88 Å². The number of carbonyl (C=O) groups is 1. The Morgan fingerprint density at radius 1 is 1.65 bits per heavy atom. The Morgan fingerprint density at radius 2 is 2.47 bits per heavy atom. The molecule has 0 saturated carbocycles. The number of hydrogen-bond acceptors (Lipinski definition) is 3. The Labute approximate surface area is 101 Å². The van der Waals surface area contributed by atoms with E-state index in [1.54, 1.807) is 6.20 Å². The third kappa shape index (κ3) is 3.30. The molecule has 0 bridgehead atoms. The van der Waals surface area contributed by atoms with Gasteiger partial charge in [0, 0.05) is 32.4 Å². The van der Waals surface area contributed by atoms with Gasteiger partial charge in [0.05, 0.1) is 6.54 Å². The van der Waals surface area contributed by atoms with Crippen LogP contribution in [0.15, 0.2) is 12.4 Å². The number of carboxylic acids is 1. The summed E-state index contributed by atoms with van der Waals surface area (Å²) in [7, 11) is 1.99. The van der Waals surface area contributed by atoms with Crippen LogP contribution in [0.25, 0.3) is 0 Å². The Morgan fingerprint density at radius 3 is 3.12 bits per heavy atom. The van der Waals surface area contributed by atoms with E-state index >= 15 is 0 Å². The Balaban J connectivity index is 1.89. The van der Waals surface area contributed by atoms with Crippen molar-refractivity contribution in [2.24, 2.45) is 13.0 Å². The maximum absolute atomic E-state index is 10.7. The highest BCUT2D eigenvalue weighted by Gasteiger charge is 2.22. The van der Waals surface area contributed by atoms with Crippen LogP contribution in [0.2, 0.25) is 0 Å². The van der Waals surface area contributed by atoms with Crippen LogP contribution >= 0.6 is 0 Å². The molecular formula is C12H19N3O2. The molecule has 1 aromatic heterocycles. The smallest absolute Gasteiger partial charge is 0.303 e. The lowest BCUT2D eigenvalue weighted by molar-refractivity contribution is -0.138. The topological polar surface area (TPSA) is 58.4 Å². The van der Waals surface area contributed by atoms with Gasteiger partial charge < -0.3 is 9.67 Å². The molecule has 1 saturated heterocycles. The summed E-state index contributed by atoms with van der Waals surface area (Å²) in [6, 6.07) is 0. The molecule has 1 aliphatic rings. The summed E-state index contributed by atoms with van der Waals surface area (Å²) in [5.41, 5.74) is 0. The molecule has 94 valence electrons. The molecule has 2 heterocycles. The average Bonchev–Trinajstić information content (AvgIpc) is 2.64. The van der Waals surface area contributed by atoms with Crippen LogP contribution in [0.1, 0.15) is 25.1 Å². The van der Waals surface area contributed by atoms with E-state index in [0.717, 1.165) is 38.3 Å². The summed E-state index contributed by atoms with van der Waals surface area (Å²) in [6.45, 7) is 2.74.